The van der Waals surface area contributed by atoms with Crippen molar-refractivity contribution in [2.45, 2.75) is 25.0 Å². The van der Waals surface area contributed by atoms with Crippen LogP contribution in [0.2, 0.25) is 5.02 Å². The Labute approximate surface area is 214 Å². The topological polar surface area (TPSA) is 79.7 Å². The Morgan fingerprint density at radius 3 is 2.78 bits per heavy atom. The Balaban J connectivity index is 1.44. The molecule has 1 fully saturated rings. The lowest BCUT2D eigenvalue weighted by molar-refractivity contribution is -0.134. The van der Waals surface area contributed by atoms with E-state index in [0.29, 0.717) is 30.4 Å². The SMILES string of the molecule is CN(C)C(=O)COC[C@@H]1C[C@H](n2cc(NC(=O)c3cccc(F)c3)cn2)CN1Cc1ccccc1Cl. The number of carbonyl (C=O) groups excluding carboxylic acids is 2. The van der Waals surface area contributed by atoms with Gasteiger partial charge in [0.1, 0.15) is 12.4 Å². The Kier molecular flexibility index (Phi) is 8.35. The molecule has 1 aliphatic rings. The highest BCUT2D eigenvalue weighted by atomic mass is 35.5. The quantitative estimate of drug-likeness (QED) is 0.470. The molecule has 2 aromatic carbocycles. The van der Waals surface area contributed by atoms with E-state index in [4.69, 9.17) is 16.3 Å². The molecule has 3 aromatic rings. The number of hydrogen-bond donors (Lipinski definition) is 1. The molecule has 0 unspecified atom stereocenters. The first-order valence-electron chi connectivity index (χ1n) is 11.7. The lowest BCUT2D eigenvalue weighted by Crippen LogP contribution is -2.34. The minimum absolute atomic E-state index is 0.0200. The van der Waals surface area contributed by atoms with E-state index in [1.807, 2.05) is 28.9 Å². The molecule has 10 heteroatoms. The molecule has 0 radical (unpaired) electrons. The zero-order chi connectivity index (χ0) is 25.7. The molecule has 4 rings (SSSR count). The van der Waals surface area contributed by atoms with Gasteiger partial charge in [0.05, 0.1) is 24.5 Å². The fraction of sp³-hybridized carbons (Fsp3) is 0.346. The van der Waals surface area contributed by atoms with Crippen molar-refractivity contribution in [3.8, 4) is 0 Å². The van der Waals surface area contributed by atoms with Gasteiger partial charge >= 0.3 is 0 Å². The van der Waals surface area contributed by atoms with Gasteiger partial charge in [0, 0.05) is 50.0 Å². The van der Waals surface area contributed by atoms with Gasteiger partial charge in [-0.25, -0.2) is 4.39 Å². The first kappa shape index (κ1) is 25.8. The molecule has 0 bridgehead atoms. The summed E-state index contributed by atoms with van der Waals surface area (Å²) in [5.41, 5.74) is 1.77. The predicted octanol–water partition coefficient (Wildman–Crippen LogP) is 3.85. The van der Waals surface area contributed by atoms with Crippen molar-refractivity contribution in [2.24, 2.45) is 0 Å². The monoisotopic (exact) mass is 513 g/mol. The average molecular weight is 514 g/mol. The van der Waals surface area contributed by atoms with Crippen molar-refractivity contribution in [2.75, 3.05) is 39.2 Å². The van der Waals surface area contributed by atoms with Crippen molar-refractivity contribution in [3.63, 3.8) is 0 Å². The standard InChI is InChI=1S/C26H29ClFN5O3/c1-31(2)25(34)17-36-16-23-11-22(15-32(23)13-19-6-3-4-9-24(19)27)33-14-21(12-29-33)30-26(35)18-7-5-8-20(28)10-18/h3-10,12,14,22-23H,11,13,15-17H2,1-2H3,(H,30,35)/t22-,23-/m0/s1. The van der Waals surface area contributed by atoms with Crippen LogP contribution in [0.15, 0.2) is 60.9 Å². The van der Waals surface area contributed by atoms with Crippen molar-refractivity contribution in [1.82, 2.24) is 19.6 Å². The lowest BCUT2D eigenvalue weighted by Gasteiger charge is -2.24. The minimum Gasteiger partial charge on any atom is -0.370 e. The number of hydrogen-bond acceptors (Lipinski definition) is 5. The van der Waals surface area contributed by atoms with Crippen LogP contribution in [0.25, 0.3) is 0 Å². The molecule has 2 amide bonds. The fourth-order valence-corrected chi connectivity index (χ4v) is 4.40. The molecule has 0 spiro atoms. The zero-order valence-electron chi connectivity index (χ0n) is 20.2. The summed E-state index contributed by atoms with van der Waals surface area (Å²) in [7, 11) is 3.40. The molecule has 1 N–H and O–H groups in total. The molecule has 1 saturated heterocycles. The van der Waals surface area contributed by atoms with Crippen LogP contribution in [0.4, 0.5) is 10.1 Å². The van der Waals surface area contributed by atoms with Gasteiger partial charge in [-0.1, -0.05) is 35.9 Å². The maximum atomic E-state index is 13.5. The highest BCUT2D eigenvalue weighted by molar-refractivity contribution is 6.31. The Bertz CT molecular complexity index is 1220. The van der Waals surface area contributed by atoms with Gasteiger partial charge in [0.2, 0.25) is 5.91 Å². The highest BCUT2D eigenvalue weighted by Crippen LogP contribution is 2.31. The number of ether oxygens (including phenoxy) is 1. The van der Waals surface area contributed by atoms with Crippen molar-refractivity contribution in [1.29, 1.82) is 0 Å². The number of likely N-dealkylation sites (tertiary alicyclic amines) is 1. The third kappa shape index (κ3) is 6.48. The van der Waals surface area contributed by atoms with Crippen molar-refractivity contribution >= 4 is 29.1 Å². The van der Waals surface area contributed by atoms with E-state index in [1.54, 1.807) is 32.6 Å². The molecular weight excluding hydrogens is 485 g/mol. The average Bonchev–Trinajstić information content (AvgIpc) is 3.47. The number of nitrogens with zero attached hydrogens (tertiary/aromatic N) is 4. The number of aromatic nitrogens is 2. The number of amides is 2. The number of likely N-dealkylation sites (N-methyl/N-ethyl adjacent to an activating group) is 1. The summed E-state index contributed by atoms with van der Waals surface area (Å²) in [6, 6.07) is 13.3. The minimum atomic E-state index is -0.469. The first-order chi connectivity index (χ1) is 17.3. The van der Waals surface area contributed by atoms with E-state index >= 15 is 0 Å². The van der Waals surface area contributed by atoms with Gasteiger partial charge < -0.3 is 15.0 Å². The summed E-state index contributed by atoms with van der Waals surface area (Å²) in [6.07, 6.45) is 4.10. The molecule has 2 atom stereocenters. The van der Waals surface area contributed by atoms with Gasteiger partial charge in [0.15, 0.2) is 0 Å². The first-order valence-corrected chi connectivity index (χ1v) is 12.0. The normalized spacial score (nSPS) is 17.8. The maximum absolute atomic E-state index is 13.5. The molecule has 36 heavy (non-hydrogen) atoms. The fourth-order valence-electron chi connectivity index (χ4n) is 4.21. The van der Waals surface area contributed by atoms with Crippen LogP contribution in [-0.2, 0) is 16.1 Å². The van der Waals surface area contributed by atoms with E-state index in [0.717, 1.165) is 12.0 Å². The van der Waals surface area contributed by atoms with Gasteiger partial charge in [-0.2, -0.15) is 5.10 Å². The van der Waals surface area contributed by atoms with Crippen LogP contribution < -0.4 is 5.32 Å². The lowest BCUT2D eigenvalue weighted by atomic mass is 10.1. The molecule has 8 nitrogen and oxygen atoms in total. The zero-order valence-corrected chi connectivity index (χ0v) is 21.0. The van der Waals surface area contributed by atoms with Crippen LogP contribution in [-0.4, -0.2) is 71.3 Å². The summed E-state index contributed by atoms with van der Waals surface area (Å²) < 4.78 is 21.0. The summed E-state index contributed by atoms with van der Waals surface area (Å²) in [5.74, 6) is -0.964. The molecular formula is C26H29ClFN5O3. The largest absolute Gasteiger partial charge is 0.370 e. The van der Waals surface area contributed by atoms with Gasteiger partial charge in [0.25, 0.3) is 5.91 Å². The second-order valence-corrected chi connectivity index (χ2v) is 9.45. The number of halogens is 2. The molecule has 2 heterocycles. The third-order valence-electron chi connectivity index (χ3n) is 6.19. The predicted molar refractivity (Wildman–Crippen MR) is 135 cm³/mol. The highest BCUT2D eigenvalue weighted by Gasteiger charge is 2.34. The third-order valence-corrected chi connectivity index (χ3v) is 6.56. The number of anilines is 1. The summed E-state index contributed by atoms with van der Waals surface area (Å²) in [4.78, 5) is 28.2. The van der Waals surface area contributed by atoms with E-state index < -0.39 is 11.7 Å². The molecule has 0 saturated carbocycles. The van der Waals surface area contributed by atoms with Crippen LogP contribution in [0.3, 0.4) is 0 Å². The van der Waals surface area contributed by atoms with E-state index in [2.05, 4.69) is 15.3 Å². The van der Waals surface area contributed by atoms with E-state index in [9.17, 15) is 14.0 Å². The van der Waals surface area contributed by atoms with Crippen LogP contribution >= 0.6 is 11.6 Å². The molecule has 190 valence electrons. The van der Waals surface area contributed by atoms with Gasteiger partial charge in [-0.05, 0) is 36.2 Å². The van der Waals surface area contributed by atoms with Crippen LogP contribution in [0, 0.1) is 5.82 Å². The van der Waals surface area contributed by atoms with Crippen molar-refractivity contribution < 1.29 is 18.7 Å². The van der Waals surface area contributed by atoms with Gasteiger partial charge in [-0.15, -0.1) is 0 Å². The number of nitrogens with one attached hydrogen (secondary N) is 1. The summed E-state index contributed by atoms with van der Waals surface area (Å²) >= 11 is 6.41. The smallest absolute Gasteiger partial charge is 0.255 e. The molecule has 0 aliphatic carbocycles. The van der Waals surface area contributed by atoms with E-state index in [1.165, 1.54) is 23.1 Å². The summed E-state index contributed by atoms with van der Waals surface area (Å²) in [5, 5.41) is 7.93. The number of benzene rings is 2. The molecule has 1 aliphatic heterocycles. The van der Waals surface area contributed by atoms with Crippen molar-refractivity contribution in [3.05, 3.63) is 82.9 Å². The number of carbonyl (C=O) groups is 2. The number of rotatable bonds is 9. The second-order valence-electron chi connectivity index (χ2n) is 9.04. The summed E-state index contributed by atoms with van der Waals surface area (Å²) in [6.45, 7) is 1.74. The Hall–Kier alpha value is -3.27. The van der Waals surface area contributed by atoms with E-state index in [-0.39, 0.29) is 30.2 Å². The second kappa shape index (κ2) is 11.6. The van der Waals surface area contributed by atoms with Crippen LogP contribution in [0.1, 0.15) is 28.4 Å². The Morgan fingerprint density at radius 2 is 2.03 bits per heavy atom. The maximum Gasteiger partial charge on any atom is 0.255 e. The van der Waals surface area contributed by atoms with Crippen LogP contribution in [0.5, 0.6) is 0 Å². The van der Waals surface area contributed by atoms with Gasteiger partial charge in [-0.3, -0.25) is 19.2 Å². The molecule has 1 aromatic heterocycles. The Morgan fingerprint density at radius 1 is 1.22 bits per heavy atom.